The van der Waals surface area contributed by atoms with E-state index in [9.17, 15) is 0 Å². The minimum atomic E-state index is 0.572. The first-order valence-corrected chi connectivity index (χ1v) is 16.3. The number of aromatic nitrogens is 5. The Balaban J connectivity index is 1.16. The smallest absolute Gasteiger partial charge is 0.180 e. The van der Waals surface area contributed by atoms with Crippen molar-refractivity contribution in [1.82, 2.24) is 24.9 Å². The lowest BCUT2D eigenvalue weighted by Gasteiger charge is -2.09. The van der Waals surface area contributed by atoms with E-state index in [-0.39, 0.29) is 0 Å². The normalized spacial score (nSPS) is 11.6. The third kappa shape index (κ3) is 4.64. The molecule has 10 aromatic rings. The number of fused-ring (bicyclic) bond motifs is 6. The fourth-order valence-electron chi connectivity index (χ4n) is 6.59. The quantitative estimate of drug-likeness (QED) is 0.184. The first kappa shape index (κ1) is 28.1. The van der Waals surface area contributed by atoms with E-state index in [4.69, 9.17) is 33.8 Å². The van der Waals surface area contributed by atoms with Crippen molar-refractivity contribution >= 4 is 44.0 Å². The van der Waals surface area contributed by atoms with Crippen LogP contribution in [-0.2, 0) is 0 Å². The largest absolute Gasteiger partial charge is 0.456 e. The zero-order chi connectivity index (χ0) is 33.0. The maximum absolute atomic E-state index is 6.52. The van der Waals surface area contributed by atoms with E-state index in [0.29, 0.717) is 34.5 Å². The zero-order valence-electron chi connectivity index (χ0n) is 26.5. The first-order valence-electron chi connectivity index (χ1n) is 16.3. The maximum Gasteiger partial charge on any atom is 0.180 e. The molecule has 234 valence electrons. The van der Waals surface area contributed by atoms with Crippen molar-refractivity contribution in [1.29, 1.82) is 0 Å². The summed E-state index contributed by atoms with van der Waals surface area (Å²) in [5.41, 5.74) is 8.89. The number of furan rings is 2. The van der Waals surface area contributed by atoms with Gasteiger partial charge in [-0.3, -0.25) is 0 Å². The van der Waals surface area contributed by atoms with Gasteiger partial charge in [0.1, 0.15) is 28.0 Å². The van der Waals surface area contributed by atoms with Crippen LogP contribution < -0.4 is 0 Å². The maximum atomic E-state index is 6.52. The van der Waals surface area contributed by atoms with Crippen LogP contribution in [0.4, 0.5) is 0 Å². The predicted octanol–water partition coefficient (Wildman–Crippen LogP) is 10.8. The molecule has 0 atom stereocenters. The molecule has 0 saturated carbocycles. The van der Waals surface area contributed by atoms with Gasteiger partial charge in [0, 0.05) is 44.0 Å². The van der Waals surface area contributed by atoms with E-state index in [1.165, 1.54) is 0 Å². The summed E-state index contributed by atoms with van der Waals surface area (Å²) in [5.74, 6) is 2.37. The van der Waals surface area contributed by atoms with Gasteiger partial charge in [0.15, 0.2) is 28.9 Å². The standard InChI is InChI=1S/C43H25N5O2/c1-4-13-26(14-5-1)37-39-38(31-19-10-11-21-33(31)50-39)45-42(44-37)29-23-24-30-35(25-29)49-34-22-12-20-32(36(30)34)43-47-40(27-15-6-2-7-16-27)46-41(48-43)28-17-8-3-9-18-28/h1-25H. The Bertz CT molecular complexity index is 2810. The van der Waals surface area contributed by atoms with E-state index >= 15 is 0 Å². The van der Waals surface area contributed by atoms with Crippen LogP contribution in [0.15, 0.2) is 160 Å². The number of hydrogen-bond donors (Lipinski definition) is 0. The summed E-state index contributed by atoms with van der Waals surface area (Å²) in [6.07, 6.45) is 0. The summed E-state index contributed by atoms with van der Waals surface area (Å²) in [5, 5.41) is 2.82. The highest BCUT2D eigenvalue weighted by Crippen LogP contribution is 2.39. The van der Waals surface area contributed by atoms with Gasteiger partial charge in [0.2, 0.25) is 0 Å². The second-order valence-corrected chi connectivity index (χ2v) is 12.1. The Hall–Kier alpha value is -6.99. The van der Waals surface area contributed by atoms with Gasteiger partial charge in [-0.05, 0) is 30.3 Å². The van der Waals surface area contributed by atoms with Crippen molar-refractivity contribution in [3.8, 4) is 56.8 Å². The molecule has 0 unspecified atom stereocenters. The Morgan fingerprint density at radius 3 is 1.68 bits per heavy atom. The molecule has 4 aromatic heterocycles. The van der Waals surface area contributed by atoms with Gasteiger partial charge in [-0.2, -0.15) is 0 Å². The number of benzene rings is 6. The Kier molecular flexibility index (Phi) is 6.35. The highest BCUT2D eigenvalue weighted by molar-refractivity contribution is 6.13. The second kappa shape index (κ2) is 11.3. The molecular weight excluding hydrogens is 619 g/mol. The van der Waals surface area contributed by atoms with Crippen molar-refractivity contribution in [3.63, 3.8) is 0 Å². The topological polar surface area (TPSA) is 90.7 Å². The fraction of sp³-hybridized carbons (Fsp3) is 0. The molecule has 0 amide bonds. The van der Waals surface area contributed by atoms with Crippen LogP contribution in [-0.4, -0.2) is 24.9 Å². The highest BCUT2D eigenvalue weighted by atomic mass is 16.3. The molecular formula is C43H25N5O2. The van der Waals surface area contributed by atoms with Crippen molar-refractivity contribution in [2.45, 2.75) is 0 Å². The molecule has 0 fully saturated rings. The number of rotatable bonds is 5. The molecule has 7 heteroatoms. The molecule has 7 nitrogen and oxygen atoms in total. The molecule has 0 spiro atoms. The first-order chi connectivity index (χ1) is 24.8. The van der Waals surface area contributed by atoms with Crippen LogP contribution in [0.2, 0.25) is 0 Å². The Labute approximate surface area is 285 Å². The van der Waals surface area contributed by atoms with E-state index < -0.39 is 0 Å². The Morgan fingerprint density at radius 1 is 0.360 bits per heavy atom. The average Bonchev–Trinajstić information content (AvgIpc) is 3.76. The molecule has 0 bridgehead atoms. The molecule has 0 saturated heterocycles. The Morgan fingerprint density at radius 2 is 0.960 bits per heavy atom. The third-order valence-corrected chi connectivity index (χ3v) is 8.96. The third-order valence-electron chi connectivity index (χ3n) is 8.96. The number of hydrogen-bond acceptors (Lipinski definition) is 7. The van der Waals surface area contributed by atoms with Crippen LogP contribution >= 0.6 is 0 Å². The van der Waals surface area contributed by atoms with Gasteiger partial charge in [-0.15, -0.1) is 0 Å². The lowest BCUT2D eigenvalue weighted by molar-refractivity contribution is 0.667. The van der Waals surface area contributed by atoms with E-state index in [1.54, 1.807) is 0 Å². The molecule has 0 aliphatic carbocycles. The lowest BCUT2D eigenvalue weighted by atomic mass is 10.0. The van der Waals surface area contributed by atoms with Crippen LogP contribution in [0, 0.1) is 0 Å². The van der Waals surface area contributed by atoms with E-state index in [1.807, 2.05) is 146 Å². The van der Waals surface area contributed by atoms with E-state index in [0.717, 1.165) is 66.4 Å². The number of para-hydroxylation sites is 1. The zero-order valence-corrected chi connectivity index (χ0v) is 26.5. The molecule has 6 aromatic carbocycles. The van der Waals surface area contributed by atoms with Gasteiger partial charge >= 0.3 is 0 Å². The van der Waals surface area contributed by atoms with E-state index in [2.05, 4.69) is 6.07 Å². The van der Waals surface area contributed by atoms with Crippen LogP contribution in [0.5, 0.6) is 0 Å². The molecule has 4 heterocycles. The lowest BCUT2D eigenvalue weighted by Crippen LogP contribution is -2.00. The fourth-order valence-corrected chi connectivity index (χ4v) is 6.59. The summed E-state index contributed by atoms with van der Waals surface area (Å²) in [6.45, 7) is 0. The molecule has 0 N–H and O–H groups in total. The van der Waals surface area contributed by atoms with Crippen molar-refractivity contribution in [2.75, 3.05) is 0 Å². The van der Waals surface area contributed by atoms with Crippen molar-refractivity contribution in [2.24, 2.45) is 0 Å². The minimum Gasteiger partial charge on any atom is -0.456 e. The van der Waals surface area contributed by atoms with Gasteiger partial charge in [-0.1, -0.05) is 121 Å². The SMILES string of the molecule is c1ccc(-c2nc(-c3ccccc3)nc(-c3cccc4oc5cc(-c6nc(-c7ccccc7)c7oc8ccccc8c7n6)ccc5c34)n2)cc1. The predicted molar refractivity (Wildman–Crippen MR) is 197 cm³/mol. The number of nitrogens with zero attached hydrogens (tertiary/aromatic N) is 5. The van der Waals surface area contributed by atoms with Gasteiger partial charge in [-0.25, -0.2) is 24.9 Å². The summed E-state index contributed by atoms with van der Waals surface area (Å²) in [6, 6.07) is 50.1. The minimum absolute atomic E-state index is 0.572. The average molecular weight is 644 g/mol. The van der Waals surface area contributed by atoms with Crippen LogP contribution in [0.1, 0.15) is 0 Å². The van der Waals surface area contributed by atoms with Gasteiger partial charge in [0.25, 0.3) is 0 Å². The molecule has 0 radical (unpaired) electrons. The van der Waals surface area contributed by atoms with Crippen molar-refractivity contribution in [3.05, 3.63) is 152 Å². The highest BCUT2D eigenvalue weighted by Gasteiger charge is 2.21. The van der Waals surface area contributed by atoms with Crippen LogP contribution in [0.25, 0.3) is 101 Å². The molecule has 50 heavy (non-hydrogen) atoms. The second-order valence-electron chi connectivity index (χ2n) is 12.1. The molecule has 10 rings (SSSR count). The summed E-state index contributed by atoms with van der Waals surface area (Å²) in [4.78, 5) is 25.0. The molecule has 0 aliphatic heterocycles. The molecule has 0 aliphatic rings. The summed E-state index contributed by atoms with van der Waals surface area (Å²) < 4.78 is 12.8. The van der Waals surface area contributed by atoms with Gasteiger partial charge < -0.3 is 8.83 Å². The van der Waals surface area contributed by atoms with Gasteiger partial charge in [0.05, 0.1) is 0 Å². The monoisotopic (exact) mass is 643 g/mol. The summed E-state index contributed by atoms with van der Waals surface area (Å²) in [7, 11) is 0. The summed E-state index contributed by atoms with van der Waals surface area (Å²) >= 11 is 0. The van der Waals surface area contributed by atoms with Crippen LogP contribution in [0.3, 0.4) is 0 Å². The van der Waals surface area contributed by atoms with Crippen molar-refractivity contribution < 1.29 is 8.83 Å².